The second-order valence-corrected chi connectivity index (χ2v) is 4.44. The van der Waals surface area contributed by atoms with Crippen molar-refractivity contribution >= 4 is 17.8 Å². The number of nitrogens with zero attached hydrogens (tertiary/aromatic N) is 2. The molecule has 0 unspecified atom stereocenters. The molecule has 6 heteroatoms. The molecular formula is C11H18N2O4. The van der Waals surface area contributed by atoms with Crippen molar-refractivity contribution in [1.29, 1.82) is 0 Å². The van der Waals surface area contributed by atoms with Gasteiger partial charge < -0.3 is 14.9 Å². The summed E-state index contributed by atoms with van der Waals surface area (Å²) in [4.78, 5) is 36.7. The lowest BCUT2D eigenvalue weighted by atomic mass is 10.0. The van der Waals surface area contributed by atoms with Crippen LogP contribution >= 0.6 is 0 Å². The van der Waals surface area contributed by atoms with Crippen LogP contribution in [-0.4, -0.2) is 57.9 Å². The highest BCUT2D eigenvalue weighted by molar-refractivity contribution is 5.77. The zero-order chi connectivity index (χ0) is 13.2. The van der Waals surface area contributed by atoms with Gasteiger partial charge in [0.15, 0.2) is 0 Å². The maximum atomic E-state index is 11.4. The molecule has 0 aliphatic carbocycles. The van der Waals surface area contributed by atoms with Gasteiger partial charge in [0.1, 0.15) is 0 Å². The number of hydrogen-bond donors (Lipinski definition) is 1. The Kier molecular flexibility index (Phi) is 4.09. The molecule has 0 aromatic carbocycles. The lowest BCUT2D eigenvalue weighted by Gasteiger charge is -2.44. The summed E-state index contributed by atoms with van der Waals surface area (Å²) in [5, 5.41) is 8.81. The molecule has 1 saturated heterocycles. The van der Waals surface area contributed by atoms with Gasteiger partial charge in [0.25, 0.3) is 0 Å². The largest absolute Gasteiger partial charge is 0.481 e. The molecule has 17 heavy (non-hydrogen) atoms. The van der Waals surface area contributed by atoms with Crippen molar-refractivity contribution in [3.8, 4) is 0 Å². The second kappa shape index (κ2) is 5.16. The molecular weight excluding hydrogens is 224 g/mol. The number of piperazine rings is 1. The van der Waals surface area contributed by atoms with E-state index in [1.165, 1.54) is 18.7 Å². The molecule has 1 heterocycles. The average molecular weight is 242 g/mol. The Morgan fingerprint density at radius 2 is 1.65 bits per heavy atom. The maximum Gasteiger partial charge on any atom is 0.305 e. The molecule has 1 aliphatic heterocycles. The normalized spacial score (nSPS) is 24.6. The van der Waals surface area contributed by atoms with Gasteiger partial charge >= 0.3 is 5.97 Å². The van der Waals surface area contributed by atoms with E-state index in [9.17, 15) is 14.4 Å². The second-order valence-electron chi connectivity index (χ2n) is 4.44. The summed E-state index contributed by atoms with van der Waals surface area (Å²) >= 11 is 0. The summed E-state index contributed by atoms with van der Waals surface area (Å²) in [6.07, 6.45) is -0.129. The summed E-state index contributed by atoms with van der Waals surface area (Å²) in [5.74, 6) is -1.19. The fraction of sp³-hybridized carbons (Fsp3) is 0.727. The van der Waals surface area contributed by atoms with Gasteiger partial charge in [-0.1, -0.05) is 0 Å². The number of carboxylic acid groups (broad SMARTS) is 1. The number of carbonyl (C=O) groups excluding carboxylic acids is 2. The Balaban J connectivity index is 2.84. The van der Waals surface area contributed by atoms with Crippen LogP contribution in [0, 0.1) is 0 Å². The van der Waals surface area contributed by atoms with E-state index in [0.717, 1.165) is 0 Å². The first kappa shape index (κ1) is 13.5. The van der Waals surface area contributed by atoms with Gasteiger partial charge in [-0.15, -0.1) is 0 Å². The molecule has 0 aromatic heterocycles. The quantitative estimate of drug-likeness (QED) is 0.735. The van der Waals surface area contributed by atoms with Gasteiger partial charge in [-0.25, -0.2) is 0 Å². The summed E-state index contributed by atoms with van der Waals surface area (Å²) < 4.78 is 0. The van der Waals surface area contributed by atoms with Crippen molar-refractivity contribution in [3.05, 3.63) is 0 Å². The van der Waals surface area contributed by atoms with Crippen LogP contribution in [-0.2, 0) is 14.4 Å². The number of carbonyl (C=O) groups is 3. The molecule has 1 N–H and O–H groups in total. The van der Waals surface area contributed by atoms with Crippen LogP contribution in [0.15, 0.2) is 0 Å². The molecule has 2 atom stereocenters. The zero-order valence-electron chi connectivity index (χ0n) is 10.3. The van der Waals surface area contributed by atoms with Gasteiger partial charge in [0, 0.05) is 33.0 Å². The standard InChI is InChI=1S/C11H18N2O4/c1-7-5-13(9(3)15)10(4-11(16)17)6-12(7)8(2)14/h7,10H,4-6H2,1-3H3,(H,16,17)/t7-,10-/m0/s1. The number of carboxylic acids is 1. The topological polar surface area (TPSA) is 77.9 Å². The number of aliphatic carboxylic acids is 1. The van der Waals surface area contributed by atoms with Crippen LogP contribution < -0.4 is 0 Å². The third-order valence-corrected chi connectivity index (χ3v) is 3.06. The predicted molar refractivity (Wildman–Crippen MR) is 60.3 cm³/mol. The Morgan fingerprint density at radius 3 is 2.06 bits per heavy atom. The van der Waals surface area contributed by atoms with Gasteiger partial charge in [0.2, 0.25) is 11.8 Å². The summed E-state index contributed by atoms with van der Waals surface area (Å²) in [6.45, 7) is 5.42. The van der Waals surface area contributed by atoms with Gasteiger partial charge in [0.05, 0.1) is 12.5 Å². The van der Waals surface area contributed by atoms with Gasteiger partial charge in [-0.2, -0.15) is 0 Å². The number of amides is 2. The number of rotatable bonds is 2. The molecule has 96 valence electrons. The van der Waals surface area contributed by atoms with Crippen molar-refractivity contribution < 1.29 is 19.5 Å². The highest BCUT2D eigenvalue weighted by atomic mass is 16.4. The van der Waals surface area contributed by atoms with Crippen LogP contribution in [0.2, 0.25) is 0 Å². The van der Waals surface area contributed by atoms with Gasteiger partial charge in [-0.3, -0.25) is 14.4 Å². The molecule has 0 bridgehead atoms. The lowest BCUT2D eigenvalue weighted by molar-refractivity contribution is -0.148. The monoisotopic (exact) mass is 242 g/mol. The van der Waals surface area contributed by atoms with Crippen LogP contribution in [0.1, 0.15) is 27.2 Å². The Labute approximate surface area is 100 Å². The van der Waals surface area contributed by atoms with Crippen LogP contribution in [0.25, 0.3) is 0 Å². The van der Waals surface area contributed by atoms with Crippen molar-refractivity contribution in [1.82, 2.24) is 9.80 Å². The Bertz CT molecular complexity index is 342. The Morgan fingerprint density at radius 1 is 1.12 bits per heavy atom. The number of hydrogen-bond acceptors (Lipinski definition) is 3. The highest BCUT2D eigenvalue weighted by Crippen LogP contribution is 2.18. The van der Waals surface area contributed by atoms with E-state index in [-0.39, 0.29) is 24.3 Å². The van der Waals surface area contributed by atoms with E-state index in [1.807, 2.05) is 6.92 Å². The summed E-state index contributed by atoms with van der Waals surface area (Å²) in [6, 6.07) is -0.494. The average Bonchev–Trinajstić information content (AvgIpc) is 2.18. The van der Waals surface area contributed by atoms with Gasteiger partial charge in [-0.05, 0) is 6.92 Å². The Hall–Kier alpha value is -1.59. The maximum absolute atomic E-state index is 11.4. The SMILES string of the molecule is CC(=O)N1C[C@H](C)N(C(C)=O)C[C@@H]1CC(=O)O. The third-order valence-electron chi connectivity index (χ3n) is 3.06. The van der Waals surface area contributed by atoms with Crippen molar-refractivity contribution in [2.24, 2.45) is 0 Å². The van der Waals surface area contributed by atoms with E-state index < -0.39 is 12.0 Å². The fourth-order valence-corrected chi connectivity index (χ4v) is 2.24. The molecule has 1 aliphatic rings. The lowest BCUT2D eigenvalue weighted by Crippen LogP contribution is -2.60. The first-order chi connectivity index (χ1) is 7.82. The first-order valence-corrected chi connectivity index (χ1v) is 5.59. The molecule has 0 aromatic rings. The molecule has 2 amide bonds. The minimum atomic E-state index is -0.959. The van der Waals surface area contributed by atoms with E-state index in [4.69, 9.17) is 5.11 Å². The van der Waals surface area contributed by atoms with Crippen LogP contribution in [0.3, 0.4) is 0 Å². The van der Waals surface area contributed by atoms with E-state index in [0.29, 0.717) is 13.1 Å². The molecule has 6 nitrogen and oxygen atoms in total. The van der Waals surface area contributed by atoms with E-state index >= 15 is 0 Å². The molecule has 0 spiro atoms. The molecule has 0 radical (unpaired) electrons. The van der Waals surface area contributed by atoms with Crippen molar-refractivity contribution in [3.63, 3.8) is 0 Å². The minimum absolute atomic E-state index is 0.0681. The predicted octanol–water partition coefficient (Wildman–Crippen LogP) is -0.0712. The summed E-state index contributed by atoms with van der Waals surface area (Å²) in [7, 11) is 0. The van der Waals surface area contributed by atoms with Crippen LogP contribution in [0.5, 0.6) is 0 Å². The van der Waals surface area contributed by atoms with Crippen molar-refractivity contribution in [2.45, 2.75) is 39.3 Å². The highest BCUT2D eigenvalue weighted by Gasteiger charge is 2.35. The first-order valence-electron chi connectivity index (χ1n) is 5.59. The fourth-order valence-electron chi connectivity index (χ4n) is 2.24. The minimum Gasteiger partial charge on any atom is -0.481 e. The summed E-state index contributed by atoms with van der Waals surface area (Å²) in [5.41, 5.74) is 0. The van der Waals surface area contributed by atoms with Crippen LogP contribution in [0.4, 0.5) is 0 Å². The van der Waals surface area contributed by atoms with E-state index in [2.05, 4.69) is 0 Å². The smallest absolute Gasteiger partial charge is 0.305 e. The molecule has 1 rings (SSSR count). The van der Waals surface area contributed by atoms with E-state index in [1.54, 1.807) is 4.90 Å². The molecule has 1 fully saturated rings. The molecule has 0 saturated carbocycles. The van der Waals surface area contributed by atoms with Crippen molar-refractivity contribution in [2.75, 3.05) is 13.1 Å². The third kappa shape index (κ3) is 3.18. The zero-order valence-corrected chi connectivity index (χ0v) is 10.3.